The van der Waals surface area contributed by atoms with Crippen molar-refractivity contribution in [3.8, 4) is 0 Å². The fourth-order valence-electron chi connectivity index (χ4n) is 3.46. The molecule has 0 saturated carbocycles. The minimum atomic E-state index is -0.418. The number of aryl methyl sites for hydroxylation is 1. The Labute approximate surface area is 179 Å². The molecule has 1 N–H and O–H groups in total. The van der Waals surface area contributed by atoms with E-state index in [0.717, 1.165) is 15.6 Å². The van der Waals surface area contributed by atoms with Gasteiger partial charge in [-0.2, -0.15) is 0 Å². The van der Waals surface area contributed by atoms with Gasteiger partial charge in [0, 0.05) is 36.7 Å². The molecule has 7 heteroatoms. The van der Waals surface area contributed by atoms with Crippen molar-refractivity contribution in [3.63, 3.8) is 0 Å². The standard InChI is InChI=1S/C22H24BrN3O3/c1-15-10-18(23)8-9-19(15)24-20(27)14-25(2)22(29)17-11-21(28)26(13-17)12-16-6-4-3-5-7-16/h3-10,17H,11-14H2,1-2H3,(H,24,27). The summed E-state index contributed by atoms with van der Waals surface area (Å²) in [6.45, 7) is 2.72. The predicted molar refractivity (Wildman–Crippen MR) is 115 cm³/mol. The summed E-state index contributed by atoms with van der Waals surface area (Å²) >= 11 is 3.39. The monoisotopic (exact) mass is 457 g/mol. The molecule has 3 amide bonds. The van der Waals surface area contributed by atoms with Gasteiger partial charge >= 0.3 is 0 Å². The number of rotatable bonds is 6. The topological polar surface area (TPSA) is 69.7 Å². The van der Waals surface area contributed by atoms with E-state index in [0.29, 0.717) is 18.8 Å². The van der Waals surface area contributed by atoms with E-state index in [9.17, 15) is 14.4 Å². The Balaban J connectivity index is 1.54. The average molecular weight is 458 g/mol. The highest BCUT2D eigenvalue weighted by Gasteiger charge is 2.36. The van der Waals surface area contributed by atoms with E-state index in [-0.39, 0.29) is 30.7 Å². The zero-order chi connectivity index (χ0) is 21.0. The van der Waals surface area contributed by atoms with Crippen LogP contribution in [0.3, 0.4) is 0 Å². The van der Waals surface area contributed by atoms with Crippen molar-refractivity contribution >= 4 is 39.3 Å². The van der Waals surface area contributed by atoms with E-state index in [1.165, 1.54) is 4.90 Å². The average Bonchev–Trinajstić information content (AvgIpc) is 3.04. The minimum Gasteiger partial charge on any atom is -0.338 e. The lowest BCUT2D eigenvalue weighted by atomic mass is 10.1. The summed E-state index contributed by atoms with van der Waals surface area (Å²) < 4.78 is 0.936. The first-order valence-electron chi connectivity index (χ1n) is 9.46. The van der Waals surface area contributed by atoms with Crippen molar-refractivity contribution in [2.24, 2.45) is 5.92 Å². The summed E-state index contributed by atoms with van der Waals surface area (Å²) in [5, 5.41) is 2.83. The van der Waals surface area contributed by atoms with E-state index >= 15 is 0 Å². The van der Waals surface area contributed by atoms with E-state index in [4.69, 9.17) is 0 Å². The maximum Gasteiger partial charge on any atom is 0.243 e. The van der Waals surface area contributed by atoms with Crippen LogP contribution in [0.4, 0.5) is 5.69 Å². The van der Waals surface area contributed by atoms with Crippen LogP contribution in [0.25, 0.3) is 0 Å². The zero-order valence-corrected chi connectivity index (χ0v) is 18.1. The van der Waals surface area contributed by atoms with E-state index in [1.807, 2.05) is 55.5 Å². The lowest BCUT2D eigenvalue weighted by Crippen LogP contribution is -2.39. The third kappa shape index (κ3) is 5.44. The zero-order valence-electron chi connectivity index (χ0n) is 16.5. The van der Waals surface area contributed by atoms with Crippen LogP contribution in [-0.2, 0) is 20.9 Å². The predicted octanol–water partition coefficient (Wildman–Crippen LogP) is 3.20. The first-order chi connectivity index (χ1) is 13.8. The highest BCUT2D eigenvalue weighted by Crippen LogP contribution is 2.22. The second-order valence-electron chi connectivity index (χ2n) is 7.36. The van der Waals surface area contributed by atoms with Crippen LogP contribution in [0.2, 0.25) is 0 Å². The summed E-state index contributed by atoms with van der Waals surface area (Å²) in [7, 11) is 1.60. The Kier molecular flexibility index (Phi) is 6.69. The smallest absolute Gasteiger partial charge is 0.243 e. The molecular weight excluding hydrogens is 434 g/mol. The molecule has 2 aromatic rings. The molecule has 2 aromatic carbocycles. The quantitative estimate of drug-likeness (QED) is 0.723. The van der Waals surface area contributed by atoms with Crippen LogP contribution in [0.15, 0.2) is 53.0 Å². The van der Waals surface area contributed by atoms with Gasteiger partial charge in [0.2, 0.25) is 17.7 Å². The molecule has 0 bridgehead atoms. The second kappa shape index (κ2) is 9.22. The molecule has 29 heavy (non-hydrogen) atoms. The number of hydrogen-bond acceptors (Lipinski definition) is 3. The number of benzene rings is 2. The van der Waals surface area contributed by atoms with Crippen molar-refractivity contribution in [2.45, 2.75) is 19.9 Å². The van der Waals surface area contributed by atoms with Gasteiger partial charge < -0.3 is 15.1 Å². The van der Waals surface area contributed by atoms with E-state index < -0.39 is 5.92 Å². The normalized spacial score (nSPS) is 16.0. The lowest BCUT2D eigenvalue weighted by molar-refractivity contribution is -0.137. The third-order valence-corrected chi connectivity index (χ3v) is 5.49. The molecular formula is C22H24BrN3O3. The maximum absolute atomic E-state index is 12.7. The van der Waals surface area contributed by atoms with Crippen LogP contribution in [0.5, 0.6) is 0 Å². The Hall–Kier alpha value is -2.67. The molecule has 1 heterocycles. The van der Waals surface area contributed by atoms with Crippen LogP contribution in [0.1, 0.15) is 17.5 Å². The summed E-state index contributed by atoms with van der Waals surface area (Å²) in [5.74, 6) is -0.901. The van der Waals surface area contributed by atoms with Gasteiger partial charge in [0.05, 0.1) is 12.5 Å². The first-order valence-corrected chi connectivity index (χ1v) is 10.3. The Morgan fingerprint density at radius 2 is 1.93 bits per heavy atom. The molecule has 0 radical (unpaired) electrons. The largest absolute Gasteiger partial charge is 0.338 e. The summed E-state index contributed by atoms with van der Waals surface area (Å²) in [4.78, 5) is 40.5. The fourth-order valence-corrected chi connectivity index (χ4v) is 3.93. The number of hydrogen-bond donors (Lipinski definition) is 1. The molecule has 3 rings (SSSR count). The van der Waals surface area contributed by atoms with Crippen molar-refractivity contribution in [1.29, 1.82) is 0 Å². The molecule has 6 nitrogen and oxygen atoms in total. The van der Waals surface area contributed by atoms with Crippen LogP contribution < -0.4 is 5.32 Å². The summed E-state index contributed by atoms with van der Waals surface area (Å²) in [6.07, 6.45) is 0.184. The second-order valence-corrected chi connectivity index (χ2v) is 8.28. The minimum absolute atomic E-state index is 0.0319. The third-order valence-electron chi connectivity index (χ3n) is 5.00. The molecule has 1 unspecified atom stereocenters. The van der Waals surface area contributed by atoms with Crippen molar-refractivity contribution < 1.29 is 14.4 Å². The maximum atomic E-state index is 12.7. The van der Waals surface area contributed by atoms with Gasteiger partial charge in [-0.1, -0.05) is 46.3 Å². The molecule has 0 spiro atoms. The Morgan fingerprint density at radius 1 is 1.21 bits per heavy atom. The highest BCUT2D eigenvalue weighted by molar-refractivity contribution is 9.10. The van der Waals surface area contributed by atoms with Gasteiger partial charge in [-0.3, -0.25) is 14.4 Å². The molecule has 1 saturated heterocycles. The number of nitrogens with one attached hydrogen (secondary N) is 1. The number of nitrogens with zero attached hydrogens (tertiary/aromatic N) is 2. The van der Waals surface area contributed by atoms with Gasteiger partial charge in [-0.05, 0) is 36.2 Å². The first kappa shape index (κ1) is 21.0. The Morgan fingerprint density at radius 3 is 2.62 bits per heavy atom. The van der Waals surface area contributed by atoms with Gasteiger partial charge in [-0.15, -0.1) is 0 Å². The molecule has 1 atom stereocenters. The summed E-state index contributed by atoms with van der Waals surface area (Å²) in [6, 6.07) is 15.3. The molecule has 0 aliphatic carbocycles. The number of likely N-dealkylation sites (tertiary alicyclic amines) is 1. The number of carbonyl (C=O) groups excluding carboxylic acids is 3. The lowest BCUT2D eigenvalue weighted by Gasteiger charge is -2.21. The highest BCUT2D eigenvalue weighted by atomic mass is 79.9. The number of halogens is 1. The molecule has 152 valence electrons. The Bertz CT molecular complexity index is 917. The molecule has 1 aliphatic heterocycles. The number of carbonyl (C=O) groups is 3. The molecule has 0 aromatic heterocycles. The van der Waals surface area contributed by atoms with Crippen LogP contribution >= 0.6 is 15.9 Å². The van der Waals surface area contributed by atoms with E-state index in [1.54, 1.807) is 11.9 Å². The van der Waals surface area contributed by atoms with Crippen LogP contribution in [-0.4, -0.2) is 47.7 Å². The molecule has 1 fully saturated rings. The van der Waals surface area contributed by atoms with Gasteiger partial charge in [0.1, 0.15) is 0 Å². The number of anilines is 1. The SMILES string of the molecule is Cc1cc(Br)ccc1NC(=O)CN(C)C(=O)C1CC(=O)N(Cc2ccccc2)C1. The van der Waals surface area contributed by atoms with Gasteiger partial charge in [-0.25, -0.2) is 0 Å². The summed E-state index contributed by atoms with van der Waals surface area (Å²) in [5.41, 5.74) is 2.68. The molecule has 1 aliphatic rings. The number of amides is 3. The van der Waals surface area contributed by atoms with E-state index in [2.05, 4.69) is 21.2 Å². The van der Waals surface area contributed by atoms with Crippen LogP contribution in [0, 0.1) is 12.8 Å². The van der Waals surface area contributed by atoms with Gasteiger partial charge in [0.15, 0.2) is 0 Å². The number of likely N-dealkylation sites (N-methyl/N-ethyl adjacent to an activating group) is 1. The van der Waals surface area contributed by atoms with Crippen molar-refractivity contribution in [3.05, 3.63) is 64.1 Å². The van der Waals surface area contributed by atoms with Crippen molar-refractivity contribution in [1.82, 2.24) is 9.80 Å². The van der Waals surface area contributed by atoms with Gasteiger partial charge in [0.25, 0.3) is 0 Å². The fraction of sp³-hybridized carbons (Fsp3) is 0.318. The van der Waals surface area contributed by atoms with Crippen molar-refractivity contribution in [2.75, 3.05) is 25.5 Å².